The molecule has 2 aliphatic carbocycles. The Bertz CT molecular complexity index is 2150. The summed E-state index contributed by atoms with van der Waals surface area (Å²) < 4.78 is 51.7. The van der Waals surface area contributed by atoms with Crippen LogP contribution in [-0.2, 0) is 40.3 Å². The van der Waals surface area contributed by atoms with E-state index in [2.05, 4.69) is 15.4 Å². The van der Waals surface area contributed by atoms with Crippen LogP contribution in [0.2, 0.25) is 0 Å². The first-order chi connectivity index (χ1) is 28.4. The third kappa shape index (κ3) is 8.95. The van der Waals surface area contributed by atoms with Crippen molar-refractivity contribution < 1.29 is 46.5 Å². The van der Waals surface area contributed by atoms with E-state index in [0.29, 0.717) is 81.8 Å². The summed E-state index contributed by atoms with van der Waals surface area (Å²) in [5, 5.41) is 6.72. The molecule has 328 valence electrons. The second-order valence-electron chi connectivity index (χ2n) is 18.6. The fourth-order valence-corrected chi connectivity index (χ4v) is 10.3. The number of pyridine rings is 1. The van der Waals surface area contributed by atoms with E-state index in [-0.39, 0.29) is 19.4 Å². The molecule has 7 rings (SSSR count). The number of sulfonamides is 1. The van der Waals surface area contributed by atoms with E-state index < -0.39 is 73.3 Å². The molecule has 1 aromatic carbocycles. The van der Waals surface area contributed by atoms with Gasteiger partial charge in [0.2, 0.25) is 21.8 Å². The number of hydrogen-bond acceptors (Lipinski definition) is 11. The van der Waals surface area contributed by atoms with Crippen molar-refractivity contribution in [3.8, 4) is 11.5 Å². The molecule has 60 heavy (non-hydrogen) atoms. The lowest BCUT2D eigenvalue weighted by molar-refractivity contribution is -0.144. The number of rotatable bonds is 9. The minimum Gasteiger partial charge on any atom is -0.493 e. The maximum Gasteiger partial charge on any atom is 0.408 e. The van der Waals surface area contributed by atoms with Crippen LogP contribution in [0.3, 0.4) is 0 Å². The van der Waals surface area contributed by atoms with Gasteiger partial charge in [-0.15, -0.1) is 0 Å². The van der Waals surface area contributed by atoms with E-state index in [4.69, 9.17) is 23.9 Å². The minimum absolute atomic E-state index is 0.0330. The van der Waals surface area contributed by atoms with Gasteiger partial charge >= 0.3 is 6.09 Å². The number of ether oxygens (including phenoxy) is 4. The van der Waals surface area contributed by atoms with Crippen molar-refractivity contribution in [2.75, 3.05) is 26.9 Å². The number of nitrogens with one attached hydrogen (secondary N) is 3. The molecule has 1 aromatic heterocycles. The summed E-state index contributed by atoms with van der Waals surface area (Å²) in [5.41, 5.74) is -0.952. The number of alkyl carbamates (subject to hydrolysis) is 1. The number of benzene rings is 1. The van der Waals surface area contributed by atoms with E-state index in [1.165, 1.54) is 4.90 Å². The van der Waals surface area contributed by atoms with Crippen LogP contribution in [0.1, 0.15) is 116 Å². The molecule has 3 fully saturated rings. The van der Waals surface area contributed by atoms with Gasteiger partial charge in [0, 0.05) is 43.4 Å². The van der Waals surface area contributed by atoms with Crippen molar-refractivity contribution in [1.82, 2.24) is 25.2 Å². The van der Waals surface area contributed by atoms with Gasteiger partial charge in [0.25, 0.3) is 5.91 Å². The molecule has 5 aliphatic rings. The molecule has 3 aliphatic heterocycles. The van der Waals surface area contributed by atoms with Crippen LogP contribution in [0.25, 0.3) is 10.9 Å². The van der Waals surface area contributed by atoms with Gasteiger partial charge in [0.05, 0.1) is 29.1 Å². The minimum atomic E-state index is -4.02. The smallest absolute Gasteiger partial charge is 0.408 e. The molecule has 0 radical (unpaired) electrons. The Morgan fingerprint density at radius 1 is 1.07 bits per heavy atom. The third-order valence-corrected chi connectivity index (χ3v) is 15.0. The van der Waals surface area contributed by atoms with Crippen molar-refractivity contribution in [3.63, 3.8) is 0 Å². The highest BCUT2D eigenvalue weighted by molar-refractivity contribution is 7.91. The summed E-state index contributed by atoms with van der Waals surface area (Å²) in [6.07, 6.45) is 9.89. The summed E-state index contributed by atoms with van der Waals surface area (Å²) in [6.45, 7) is 9.83. The Labute approximate surface area is 353 Å². The van der Waals surface area contributed by atoms with Crippen molar-refractivity contribution in [2.45, 2.75) is 152 Å². The molecule has 15 nitrogen and oxygen atoms in total. The number of nitrogens with zero attached hydrogens (tertiary/aromatic N) is 2. The molecule has 3 N–H and O–H groups in total. The van der Waals surface area contributed by atoms with Crippen LogP contribution >= 0.6 is 0 Å². The van der Waals surface area contributed by atoms with Crippen molar-refractivity contribution in [3.05, 3.63) is 41.6 Å². The first-order valence-electron chi connectivity index (χ1n) is 21.5. The van der Waals surface area contributed by atoms with Crippen LogP contribution in [0.5, 0.6) is 11.5 Å². The summed E-state index contributed by atoms with van der Waals surface area (Å²) in [5.74, 6) is -0.996. The maximum absolute atomic E-state index is 14.9. The number of aromatic nitrogens is 1. The highest BCUT2D eigenvalue weighted by atomic mass is 32.2. The molecular weight excluding hydrogens is 791 g/mol. The van der Waals surface area contributed by atoms with E-state index in [1.54, 1.807) is 34.8 Å². The number of carbonyl (C=O) groups excluding carboxylic acids is 4. The van der Waals surface area contributed by atoms with Gasteiger partial charge in [-0.3, -0.25) is 19.1 Å². The first-order valence-corrected chi connectivity index (χ1v) is 23.0. The Balaban J connectivity index is 1.23. The Morgan fingerprint density at radius 3 is 2.55 bits per heavy atom. The zero-order valence-corrected chi connectivity index (χ0v) is 36.6. The van der Waals surface area contributed by atoms with Crippen LogP contribution in [0, 0.1) is 12.8 Å². The molecule has 16 heteroatoms. The van der Waals surface area contributed by atoms with Crippen molar-refractivity contribution in [2.24, 2.45) is 5.92 Å². The molecule has 5 atom stereocenters. The summed E-state index contributed by atoms with van der Waals surface area (Å²) in [7, 11) is -2.36. The second kappa shape index (κ2) is 16.8. The predicted molar refractivity (Wildman–Crippen MR) is 224 cm³/mol. The molecule has 1 spiro atoms. The van der Waals surface area contributed by atoms with Gasteiger partial charge in [0.1, 0.15) is 40.3 Å². The van der Waals surface area contributed by atoms with Crippen LogP contribution in [0.15, 0.2) is 30.4 Å². The third-order valence-electron chi connectivity index (χ3n) is 12.9. The second-order valence-corrected chi connectivity index (χ2v) is 20.8. The van der Waals surface area contributed by atoms with E-state index >= 15 is 0 Å². The lowest BCUT2D eigenvalue weighted by atomic mass is 9.65. The molecular formula is C44H61N5O10S. The van der Waals surface area contributed by atoms with Gasteiger partial charge in [0.15, 0.2) is 0 Å². The Hall–Kier alpha value is -4.44. The average Bonchev–Trinajstić information content (AvgIpc) is 3.84. The lowest BCUT2D eigenvalue weighted by Crippen LogP contribution is -2.70. The number of methoxy groups -OCH3 is 1. The molecule has 0 bridgehead atoms. The average molecular weight is 852 g/mol. The fraction of sp³-hybridized carbons (Fsp3) is 0.659. The van der Waals surface area contributed by atoms with Gasteiger partial charge in [-0.05, 0) is 111 Å². The maximum atomic E-state index is 14.9. The highest BCUT2D eigenvalue weighted by Gasteiger charge is 2.59. The molecule has 2 saturated carbocycles. The standard InChI is InChI=1S/C44H61N5O10S/c1-28-36-31(32-25-30(15-16-33(32)45-28)57-24-12-23-56-6)18-19-43(58-36)26-35-37(50)47-44(39(52)48-60(54,55)42(5)21-22-42)20-17-29(44)13-10-8-7-9-11-14-34(38(51)49(35)27-43)46-40(53)59-41(2,3)4/h10,13,15-16,25,29,34-35H,7-9,11-12,14,17-24,26-27H2,1-6H3,(H,46,53)(H,47,50)(H,48,52)/b13-10-/t29-,34+,35+,43-,44-/m1/s1. The van der Waals surface area contributed by atoms with E-state index in [0.717, 1.165) is 35.7 Å². The number of allylic oxidation sites excluding steroid dienone is 1. The lowest BCUT2D eigenvalue weighted by Gasteiger charge is -2.48. The largest absolute Gasteiger partial charge is 0.493 e. The molecule has 0 unspecified atom stereocenters. The Morgan fingerprint density at radius 2 is 1.85 bits per heavy atom. The zero-order chi connectivity index (χ0) is 43.1. The van der Waals surface area contributed by atoms with E-state index in [1.807, 2.05) is 37.3 Å². The van der Waals surface area contributed by atoms with Gasteiger partial charge in [-0.25, -0.2) is 18.2 Å². The van der Waals surface area contributed by atoms with Crippen molar-refractivity contribution >= 4 is 44.7 Å². The summed E-state index contributed by atoms with van der Waals surface area (Å²) in [4.78, 5) is 63.5. The van der Waals surface area contributed by atoms with Crippen LogP contribution in [0.4, 0.5) is 4.79 Å². The van der Waals surface area contributed by atoms with Crippen LogP contribution in [-0.4, -0.2) is 103 Å². The first kappa shape index (κ1) is 43.6. The summed E-state index contributed by atoms with van der Waals surface area (Å²) in [6, 6.07) is 3.67. The number of hydrogen-bond donors (Lipinski definition) is 3. The predicted octanol–water partition coefficient (Wildman–Crippen LogP) is 5.30. The normalized spacial score (nSPS) is 28.4. The topological polar surface area (TPSA) is 192 Å². The summed E-state index contributed by atoms with van der Waals surface area (Å²) >= 11 is 0. The van der Waals surface area contributed by atoms with E-state index in [9.17, 15) is 27.6 Å². The SMILES string of the molecule is COCCCOc1ccc2nc(C)c3c(c2c1)CC[C@]1(C[C@H]2C(=O)N[C@]4(C(=O)NS(=O)(=O)C5(C)CC5)CC[C@H]4/C=C\CCCCC[C@H](NC(=O)OC(C)(C)C)C(=O)N2C1)O3. The number of aryl methyl sites for hydroxylation is 2. The van der Waals surface area contributed by atoms with Gasteiger partial charge < -0.3 is 34.5 Å². The molecule has 4 heterocycles. The quantitative estimate of drug-likeness (QED) is 0.219. The van der Waals surface area contributed by atoms with Gasteiger partial charge in [-0.2, -0.15) is 0 Å². The molecule has 2 aromatic rings. The molecule has 1 saturated heterocycles. The van der Waals surface area contributed by atoms with Crippen LogP contribution < -0.4 is 24.8 Å². The Kier molecular flexibility index (Phi) is 12.2. The number of carbonyl (C=O) groups is 4. The zero-order valence-electron chi connectivity index (χ0n) is 35.8. The fourth-order valence-electron chi connectivity index (χ4n) is 8.98. The van der Waals surface area contributed by atoms with Crippen molar-refractivity contribution in [1.29, 1.82) is 0 Å². The monoisotopic (exact) mass is 851 g/mol. The number of amides is 4. The molecule has 4 amide bonds. The highest BCUT2D eigenvalue weighted by Crippen LogP contribution is 2.47. The number of fused-ring (bicyclic) bond motifs is 5. The van der Waals surface area contributed by atoms with Gasteiger partial charge in [-0.1, -0.05) is 25.0 Å².